The number of carbonyl (C=O) groups excluding carboxylic acids is 2. The Bertz CT molecular complexity index is 486. The number of aldehydes is 1. The Morgan fingerprint density at radius 1 is 1.59 bits per heavy atom. The van der Waals surface area contributed by atoms with E-state index in [-0.39, 0.29) is 17.7 Å². The molecule has 0 bridgehead atoms. The van der Waals surface area contributed by atoms with Crippen molar-refractivity contribution in [3.8, 4) is 0 Å². The quantitative estimate of drug-likeness (QED) is 0.367. The maximum absolute atomic E-state index is 11.1. The number of esters is 1. The van der Waals surface area contributed by atoms with Gasteiger partial charge in [0.2, 0.25) is 0 Å². The zero-order valence-corrected chi connectivity index (χ0v) is 10.4. The first-order valence-corrected chi connectivity index (χ1v) is 5.27. The minimum Gasteiger partial charge on any atom is -0.469 e. The van der Waals surface area contributed by atoms with Crippen molar-refractivity contribution in [2.24, 2.45) is 0 Å². The summed E-state index contributed by atoms with van der Waals surface area (Å²) in [6, 6.07) is 2.37. The molecule has 1 aromatic carbocycles. The van der Waals surface area contributed by atoms with Crippen LogP contribution in [0.3, 0.4) is 0 Å². The number of nitro groups is 1. The Hall–Kier alpha value is -1.76. The molecule has 0 aliphatic rings. The normalized spacial score (nSPS) is 9.76. The van der Waals surface area contributed by atoms with E-state index in [1.54, 1.807) is 0 Å². The maximum atomic E-state index is 11.1. The molecule has 0 aromatic heterocycles. The third-order valence-corrected chi connectivity index (χ3v) is 3.03. The molecule has 17 heavy (non-hydrogen) atoms. The van der Waals surface area contributed by atoms with E-state index in [1.165, 1.54) is 13.2 Å². The molecule has 0 atom stereocenters. The Morgan fingerprint density at radius 2 is 2.24 bits per heavy atom. The summed E-state index contributed by atoms with van der Waals surface area (Å²) < 4.78 is 4.83. The van der Waals surface area contributed by atoms with Crippen molar-refractivity contribution < 1.29 is 19.2 Å². The molecule has 1 aromatic rings. The van der Waals surface area contributed by atoms with Crippen LogP contribution in [0, 0.1) is 10.1 Å². The minimum absolute atomic E-state index is 0.123. The number of nitro benzene ring substituents is 1. The van der Waals surface area contributed by atoms with E-state index >= 15 is 0 Å². The van der Waals surface area contributed by atoms with E-state index in [4.69, 9.17) is 0 Å². The van der Waals surface area contributed by atoms with Crippen LogP contribution in [-0.2, 0) is 16.0 Å². The van der Waals surface area contributed by atoms with E-state index in [2.05, 4.69) is 20.7 Å². The van der Waals surface area contributed by atoms with Gasteiger partial charge in [-0.1, -0.05) is 0 Å². The van der Waals surface area contributed by atoms with Gasteiger partial charge in [-0.05, 0) is 21.5 Å². The number of hydrogen-bond donors (Lipinski definition) is 0. The van der Waals surface area contributed by atoms with Crippen molar-refractivity contribution in [3.05, 3.63) is 37.8 Å². The number of carbonyl (C=O) groups is 2. The molecular formula is C10H8BrNO5. The van der Waals surface area contributed by atoms with Crippen LogP contribution in [0.4, 0.5) is 5.69 Å². The summed E-state index contributed by atoms with van der Waals surface area (Å²) in [6.45, 7) is 0. The molecule has 1 rings (SSSR count). The molecule has 90 valence electrons. The zero-order valence-electron chi connectivity index (χ0n) is 8.81. The first-order chi connectivity index (χ1) is 7.99. The summed E-state index contributed by atoms with van der Waals surface area (Å²) in [4.78, 5) is 31.9. The van der Waals surface area contributed by atoms with Crippen molar-refractivity contribution in [1.29, 1.82) is 0 Å². The fourth-order valence-corrected chi connectivity index (χ4v) is 1.70. The summed E-state index contributed by atoms with van der Waals surface area (Å²) in [5, 5.41) is 10.6. The monoisotopic (exact) mass is 301 g/mol. The predicted molar refractivity (Wildman–Crippen MR) is 61.9 cm³/mol. The van der Waals surface area contributed by atoms with Crippen molar-refractivity contribution in [2.45, 2.75) is 6.42 Å². The minimum atomic E-state index is -0.625. The van der Waals surface area contributed by atoms with Crippen molar-refractivity contribution in [3.63, 3.8) is 0 Å². The van der Waals surface area contributed by atoms with E-state index in [9.17, 15) is 19.7 Å². The van der Waals surface area contributed by atoms with E-state index in [1.807, 2.05) is 0 Å². The summed E-state index contributed by atoms with van der Waals surface area (Å²) in [6.07, 6.45) is 0.345. The highest BCUT2D eigenvalue weighted by atomic mass is 79.9. The van der Waals surface area contributed by atoms with Crippen LogP contribution in [0.5, 0.6) is 0 Å². The van der Waals surface area contributed by atoms with Crippen LogP contribution in [0.15, 0.2) is 16.6 Å². The summed E-state index contributed by atoms with van der Waals surface area (Å²) in [7, 11) is 1.22. The number of non-ortho nitro benzene ring substituents is 1. The first kappa shape index (κ1) is 13.3. The van der Waals surface area contributed by atoms with Crippen LogP contribution < -0.4 is 0 Å². The van der Waals surface area contributed by atoms with Crippen LogP contribution in [0.1, 0.15) is 15.9 Å². The summed E-state index contributed by atoms with van der Waals surface area (Å²) in [5.74, 6) is -0.539. The fourth-order valence-electron chi connectivity index (χ4n) is 1.24. The number of rotatable bonds is 4. The average Bonchev–Trinajstić information content (AvgIpc) is 2.31. The third kappa shape index (κ3) is 3.10. The zero-order chi connectivity index (χ0) is 13.0. The molecule has 0 unspecified atom stereocenters. The SMILES string of the molecule is COC(=O)Cc1cc([N+](=O)[O-])cc(C=O)c1Br. The predicted octanol–water partition coefficient (Wildman–Crippen LogP) is 1.89. The van der Waals surface area contributed by atoms with Crippen molar-refractivity contribution in [1.82, 2.24) is 0 Å². The highest BCUT2D eigenvalue weighted by molar-refractivity contribution is 9.10. The topological polar surface area (TPSA) is 86.5 Å². The van der Waals surface area contributed by atoms with E-state index in [0.717, 1.165) is 6.07 Å². The summed E-state index contributed by atoms with van der Waals surface area (Å²) in [5.41, 5.74) is 0.223. The lowest BCUT2D eigenvalue weighted by Crippen LogP contribution is -2.06. The number of benzene rings is 1. The Labute approximate surface area is 105 Å². The smallest absolute Gasteiger partial charge is 0.310 e. The maximum Gasteiger partial charge on any atom is 0.310 e. The lowest BCUT2D eigenvalue weighted by Gasteiger charge is -2.05. The average molecular weight is 302 g/mol. The Balaban J connectivity index is 3.27. The number of hydrogen-bond acceptors (Lipinski definition) is 5. The molecule has 0 aliphatic carbocycles. The lowest BCUT2D eigenvalue weighted by molar-refractivity contribution is -0.384. The molecule has 0 heterocycles. The molecule has 7 heteroatoms. The van der Waals surface area contributed by atoms with Gasteiger partial charge in [-0.3, -0.25) is 19.7 Å². The molecule has 6 nitrogen and oxygen atoms in total. The molecule has 0 saturated carbocycles. The van der Waals surface area contributed by atoms with Gasteiger partial charge in [0.1, 0.15) is 0 Å². The molecule has 0 radical (unpaired) electrons. The second-order valence-electron chi connectivity index (χ2n) is 3.14. The standard InChI is InChI=1S/C10H8BrNO5/c1-17-9(14)4-6-2-8(12(15)16)3-7(5-13)10(6)11/h2-3,5H,4H2,1H3. The fraction of sp³-hybridized carbons (Fsp3) is 0.200. The van der Waals surface area contributed by atoms with Gasteiger partial charge in [0.25, 0.3) is 5.69 Å². The van der Waals surface area contributed by atoms with Gasteiger partial charge in [-0.15, -0.1) is 0 Å². The number of nitrogens with zero attached hydrogens (tertiary/aromatic N) is 1. The summed E-state index contributed by atoms with van der Waals surface area (Å²) >= 11 is 3.12. The van der Waals surface area contributed by atoms with Crippen molar-refractivity contribution >= 4 is 33.9 Å². The number of ether oxygens (including phenoxy) is 1. The van der Waals surface area contributed by atoms with Crippen LogP contribution in [-0.4, -0.2) is 24.3 Å². The third-order valence-electron chi connectivity index (χ3n) is 2.06. The largest absolute Gasteiger partial charge is 0.469 e. The van der Waals surface area contributed by atoms with Gasteiger partial charge in [0, 0.05) is 22.2 Å². The molecule has 0 aliphatic heterocycles. The first-order valence-electron chi connectivity index (χ1n) is 4.48. The van der Waals surface area contributed by atoms with Gasteiger partial charge in [0.15, 0.2) is 6.29 Å². The van der Waals surface area contributed by atoms with Gasteiger partial charge in [-0.2, -0.15) is 0 Å². The van der Waals surface area contributed by atoms with Gasteiger partial charge in [-0.25, -0.2) is 0 Å². The van der Waals surface area contributed by atoms with E-state index < -0.39 is 10.9 Å². The van der Waals surface area contributed by atoms with Crippen LogP contribution >= 0.6 is 15.9 Å². The van der Waals surface area contributed by atoms with Gasteiger partial charge >= 0.3 is 5.97 Å². The second-order valence-corrected chi connectivity index (χ2v) is 3.93. The lowest BCUT2D eigenvalue weighted by atomic mass is 10.1. The Kier molecular flexibility index (Phi) is 4.33. The van der Waals surface area contributed by atoms with Crippen LogP contribution in [0.25, 0.3) is 0 Å². The Morgan fingerprint density at radius 3 is 2.71 bits per heavy atom. The molecule has 0 N–H and O–H groups in total. The van der Waals surface area contributed by atoms with Crippen LogP contribution in [0.2, 0.25) is 0 Å². The highest BCUT2D eigenvalue weighted by Gasteiger charge is 2.16. The van der Waals surface area contributed by atoms with Crippen molar-refractivity contribution in [2.75, 3.05) is 7.11 Å². The van der Waals surface area contributed by atoms with E-state index in [0.29, 0.717) is 16.3 Å². The number of halogens is 1. The molecule has 0 fully saturated rings. The second kappa shape index (κ2) is 5.53. The van der Waals surface area contributed by atoms with Gasteiger partial charge in [0.05, 0.1) is 18.5 Å². The highest BCUT2D eigenvalue weighted by Crippen LogP contribution is 2.27. The molecular weight excluding hydrogens is 294 g/mol. The van der Waals surface area contributed by atoms with Gasteiger partial charge < -0.3 is 4.74 Å². The molecule has 0 saturated heterocycles. The molecule has 0 spiro atoms. The molecule has 0 amide bonds. The number of methoxy groups -OCH3 is 1.